The van der Waals surface area contributed by atoms with Crippen molar-refractivity contribution in [3.05, 3.63) is 47.6 Å². The molecule has 0 spiro atoms. The maximum absolute atomic E-state index is 12.2. The fourth-order valence-corrected chi connectivity index (χ4v) is 2.55. The van der Waals surface area contributed by atoms with E-state index in [-0.39, 0.29) is 12.5 Å². The van der Waals surface area contributed by atoms with Gasteiger partial charge >= 0.3 is 0 Å². The van der Waals surface area contributed by atoms with Gasteiger partial charge in [-0.15, -0.1) is 0 Å². The molecule has 1 aromatic carbocycles. The van der Waals surface area contributed by atoms with Crippen molar-refractivity contribution in [2.75, 3.05) is 20.3 Å². The number of aromatic nitrogens is 3. The van der Waals surface area contributed by atoms with E-state index in [1.807, 2.05) is 24.3 Å². The first kappa shape index (κ1) is 16.4. The monoisotopic (exact) mass is 344 g/mol. The van der Waals surface area contributed by atoms with E-state index in [0.717, 1.165) is 11.1 Å². The summed E-state index contributed by atoms with van der Waals surface area (Å²) >= 11 is 5.96. The van der Waals surface area contributed by atoms with Crippen LogP contribution in [0.2, 0.25) is 5.02 Å². The normalized spacial score (nSPS) is 10.9. The minimum absolute atomic E-state index is 0.118. The molecule has 2 heterocycles. The maximum Gasteiger partial charge on any atom is 0.240 e. The minimum Gasteiger partial charge on any atom is -0.383 e. The van der Waals surface area contributed by atoms with Crippen LogP contribution in [-0.2, 0) is 16.1 Å². The topological polar surface area (TPSA) is 69.0 Å². The van der Waals surface area contributed by atoms with Gasteiger partial charge in [0.2, 0.25) is 5.91 Å². The Morgan fingerprint density at radius 2 is 2.08 bits per heavy atom. The largest absolute Gasteiger partial charge is 0.383 e. The predicted octanol–water partition coefficient (Wildman–Crippen LogP) is 2.51. The van der Waals surface area contributed by atoms with E-state index in [1.54, 1.807) is 30.0 Å². The molecule has 2 aromatic heterocycles. The summed E-state index contributed by atoms with van der Waals surface area (Å²) in [7, 11) is 1.60. The van der Waals surface area contributed by atoms with Crippen LogP contribution >= 0.6 is 11.6 Å². The predicted molar refractivity (Wildman–Crippen MR) is 92.9 cm³/mol. The highest BCUT2D eigenvalue weighted by atomic mass is 35.5. The quantitative estimate of drug-likeness (QED) is 0.698. The third kappa shape index (κ3) is 3.55. The maximum atomic E-state index is 12.2. The Morgan fingerprint density at radius 1 is 1.29 bits per heavy atom. The molecule has 1 N–H and O–H groups in total. The van der Waals surface area contributed by atoms with Crippen LogP contribution in [-0.4, -0.2) is 40.7 Å². The number of rotatable bonds is 6. The number of pyridine rings is 1. The van der Waals surface area contributed by atoms with Crippen LogP contribution in [0.3, 0.4) is 0 Å². The molecule has 0 aliphatic heterocycles. The third-order valence-corrected chi connectivity index (χ3v) is 3.79. The highest BCUT2D eigenvalue weighted by Crippen LogP contribution is 2.24. The van der Waals surface area contributed by atoms with Gasteiger partial charge in [-0.05, 0) is 36.4 Å². The number of hydrogen-bond acceptors (Lipinski definition) is 4. The van der Waals surface area contributed by atoms with Crippen molar-refractivity contribution < 1.29 is 9.53 Å². The lowest BCUT2D eigenvalue weighted by atomic mass is 10.2. The molecule has 124 valence electrons. The summed E-state index contributed by atoms with van der Waals surface area (Å²) in [5.74, 6) is 0.564. The van der Waals surface area contributed by atoms with Gasteiger partial charge in [0.05, 0.1) is 6.61 Å². The van der Waals surface area contributed by atoms with Gasteiger partial charge in [-0.25, -0.2) is 9.97 Å². The highest BCUT2D eigenvalue weighted by molar-refractivity contribution is 6.30. The van der Waals surface area contributed by atoms with Crippen molar-refractivity contribution >= 4 is 28.7 Å². The molecule has 0 radical (unpaired) electrons. The van der Waals surface area contributed by atoms with Crippen molar-refractivity contribution in [1.82, 2.24) is 19.9 Å². The average molecular weight is 345 g/mol. The molecule has 24 heavy (non-hydrogen) atoms. The Bertz CT molecular complexity index is 845. The first-order chi connectivity index (χ1) is 11.7. The molecule has 0 aliphatic rings. The summed E-state index contributed by atoms with van der Waals surface area (Å²) in [5, 5.41) is 3.46. The summed E-state index contributed by atoms with van der Waals surface area (Å²) in [6.07, 6.45) is 1.69. The number of nitrogens with zero attached hydrogens (tertiary/aromatic N) is 3. The van der Waals surface area contributed by atoms with Gasteiger partial charge in [-0.1, -0.05) is 11.6 Å². The standard InChI is InChI=1S/C17H17ClN4O2/c1-24-10-9-19-15(23)11-22-16(12-4-6-13(18)7-5-12)21-14-3-2-8-20-17(14)22/h2-8H,9-11H2,1H3,(H,19,23). The molecule has 0 atom stereocenters. The summed E-state index contributed by atoms with van der Waals surface area (Å²) < 4.78 is 6.75. The number of imidazole rings is 1. The molecular weight excluding hydrogens is 328 g/mol. The van der Waals surface area contributed by atoms with Crippen molar-refractivity contribution in [2.45, 2.75) is 6.54 Å². The number of amides is 1. The molecule has 3 aromatic rings. The molecular formula is C17H17ClN4O2. The molecule has 0 saturated carbocycles. The Hall–Kier alpha value is -2.44. The van der Waals surface area contributed by atoms with E-state index in [1.165, 1.54) is 0 Å². The lowest BCUT2D eigenvalue weighted by Gasteiger charge is -2.09. The van der Waals surface area contributed by atoms with Gasteiger partial charge in [0, 0.05) is 30.4 Å². The summed E-state index contributed by atoms with van der Waals surface area (Å²) in [4.78, 5) is 21.2. The minimum atomic E-state index is -0.118. The van der Waals surface area contributed by atoms with Crippen LogP contribution in [0.4, 0.5) is 0 Å². The zero-order chi connectivity index (χ0) is 16.9. The van der Waals surface area contributed by atoms with Crippen molar-refractivity contribution in [2.24, 2.45) is 0 Å². The fourth-order valence-electron chi connectivity index (χ4n) is 2.42. The van der Waals surface area contributed by atoms with Crippen LogP contribution in [0.25, 0.3) is 22.6 Å². The number of halogens is 1. The number of carbonyl (C=O) groups is 1. The Balaban J connectivity index is 1.96. The molecule has 0 unspecified atom stereocenters. The smallest absolute Gasteiger partial charge is 0.240 e. The van der Waals surface area contributed by atoms with Crippen molar-refractivity contribution in [1.29, 1.82) is 0 Å². The van der Waals surface area contributed by atoms with Gasteiger partial charge in [0.15, 0.2) is 5.65 Å². The first-order valence-electron chi connectivity index (χ1n) is 7.52. The van der Waals surface area contributed by atoms with E-state index in [2.05, 4.69) is 15.3 Å². The highest BCUT2D eigenvalue weighted by Gasteiger charge is 2.15. The number of nitrogens with one attached hydrogen (secondary N) is 1. The van der Waals surface area contributed by atoms with Crippen LogP contribution in [0.1, 0.15) is 0 Å². The van der Waals surface area contributed by atoms with E-state index in [4.69, 9.17) is 16.3 Å². The molecule has 0 saturated heterocycles. The van der Waals surface area contributed by atoms with Gasteiger partial charge in [-0.3, -0.25) is 9.36 Å². The average Bonchev–Trinajstić information content (AvgIpc) is 2.94. The van der Waals surface area contributed by atoms with Gasteiger partial charge < -0.3 is 10.1 Å². The zero-order valence-corrected chi connectivity index (χ0v) is 14.0. The molecule has 1 amide bonds. The number of hydrogen-bond donors (Lipinski definition) is 1. The molecule has 7 heteroatoms. The van der Waals surface area contributed by atoms with E-state index < -0.39 is 0 Å². The molecule has 3 rings (SSSR count). The van der Waals surface area contributed by atoms with E-state index in [0.29, 0.717) is 29.6 Å². The lowest BCUT2D eigenvalue weighted by molar-refractivity contribution is -0.121. The fraction of sp³-hybridized carbons (Fsp3) is 0.235. The second kappa shape index (κ2) is 7.42. The van der Waals surface area contributed by atoms with E-state index >= 15 is 0 Å². The Morgan fingerprint density at radius 3 is 2.83 bits per heavy atom. The number of fused-ring (bicyclic) bond motifs is 1. The molecule has 6 nitrogen and oxygen atoms in total. The number of methoxy groups -OCH3 is 1. The van der Waals surface area contributed by atoms with Gasteiger partial charge in [0.1, 0.15) is 17.9 Å². The van der Waals surface area contributed by atoms with Crippen LogP contribution < -0.4 is 5.32 Å². The third-order valence-electron chi connectivity index (χ3n) is 3.54. The zero-order valence-electron chi connectivity index (χ0n) is 13.2. The first-order valence-corrected chi connectivity index (χ1v) is 7.89. The second-order valence-electron chi connectivity index (χ2n) is 5.22. The SMILES string of the molecule is COCCNC(=O)Cn1c(-c2ccc(Cl)cc2)nc2cccnc21. The van der Waals surface area contributed by atoms with Crippen LogP contribution in [0.5, 0.6) is 0 Å². The van der Waals surface area contributed by atoms with Gasteiger partial charge in [-0.2, -0.15) is 0 Å². The van der Waals surface area contributed by atoms with Crippen molar-refractivity contribution in [3.63, 3.8) is 0 Å². The Labute approximate surface area is 144 Å². The van der Waals surface area contributed by atoms with Crippen LogP contribution in [0, 0.1) is 0 Å². The number of benzene rings is 1. The molecule has 0 aliphatic carbocycles. The Kier molecular flexibility index (Phi) is 5.08. The molecule has 0 bridgehead atoms. The van der Waals surface area contributed by atoms with Crippen LogP contribution in [0.15, 0.2) is 42.6 Å². The van der Waals surface area contributed by atoms with Gasteiger partial charge in [0.25, 0.3) is 0 Å². The lowest BCUT2D eigenvalue weighted by Crippen LogP contribution is -2.30. The molecule has 0 fully saturated rings. The van der Waals surface area contributed by atoms with Crippen molar-refractivity contribution in [3.8, 4) is 11.4 Å². The number of ether oxygens (including phenoxy) is 1. The summed E-state index contributed by atoms with van der Waals surface area (Å²) in [6, 6.07) is 11.1. The second-order valence-corrected chi connectivity index (χ2v) is 5.65. The summed E-state index contributed by atoms with van der Waals surface area (Å²) in [6.45, 7) is 1.07. The summed E-state index contributed by atoms with van der Waals surface area (Å²) in [5.41, 5.74) is 2.29. The van der Waals surface area contributed by atoms with E-state index in [9.17, 15) is 4.79 Å². The number of carbonyl (C=O) groups excluding carboxylic acids is 1.